The predicted octanol–water partition coefficient (Wildman–Crippen LogP) is 1.40. The van der Waals surface area contributed by atoms with Gasteiger partial charge in [-0.3, -0.25) is 9.59 Å². The van der Waals surface area contributed by atoms with Crippen LogP contribution in [0.5, 0.6) is 0 Å². The molecule has 0 spiro atoms. The van der Waals surface area contributed by atoms with E-state index in [0.29, 0.717) is 13.1 Å². The van der Waals surface area contributed by atoms with Gasteiger partial charge in [0.1, 0.15) is 5.82 Å². The van der Waals surface area contributed by atoms with Crippen LogP contribution in [0.25, 0.3) is 0 Å². The number of anilines is 1. The van der Waals surface area contributed by atoms with E-state index in [9.17, 15) is 14.0 Å². The lowest BCUT2D eigenvalue weighted by molar-refractivity contribution is -0.130. The summed E-state index contributed by atoms with van der Waals surface area (Å²) in [6.07, 6.45) is 0.198. The Balaban J connectivity index is 2.50. The van der Waals surface area contributed by atoms with E-state index in [1.54, 1.807) is 4.90 Å². The van der Waals surface area contributed by atoms with E-state index in [0.717, 1.165) is 6.07 Å². The van der Waals surface area contributed by atoms with Crippen molar-refractivity contribution in [3.63, 3.8) is 0 Å². The zero-order valence-corrected chi connectivity index (χ0v) is 11.8. The number of hydrogen-bond donors (Lipinski definition) is 2. The van der Waals surface area contributed by atoms with Crippen molar-refractivity contribution in [2.45, 2.75) is 20.3 Å². The number of nitrogens with one attached hydrogen (secondary N) is 1. The third-order valence-corrected chi connectivity index (χ3v) is 2.98. The van der Waals surface area contributed by atoms with Crippen LogP contribution in [0.4, 0.5) is 10.1 Å². The van der Waals surface area contributed by atoms with Crippen molar-refractivity contribution in [3.05, 3.63) is 29.6 Å². The van der Waals surface area contributed by atoms with Gasteiger partial charge in [0.25, 0.3) is 5.91 Å². The van der Waals surface area contributed by atoms with Crippen LogP contribution in [0.2, 0.25) is 0 Å². The lowest BCUT2D eigenvalue weighted by Gasteiger charge is -2.18. The highest BCUT2D eigenvalue weighted by Gasteiger charge is 2.13. The number of carbonyl (C=O) groups is 2. The number of carbonyl (C=O) groups excluding carboxylic acids is 2. The smallest absolute Gasteiger partial charge is 0.254 e. The van der Waals surface area contributed by atoms with Crippen LogP contribution >= 0.6 is 0 Å². The lowest BCUT2D eigenvalue weighted by Crippen LogP contribution is -2.34. The Bertz CT molecular complexity index is 487. The largest absolute Gasteiger partial charge is 0.399 e. The summed E-state index contributed by atoms with van der Waals surface area (Å²) >= 11 is 0. The molecule has 2 amide bonds. The van der Waals surface area contributed by atoms with Gasteiger partial charge in [-0.1, -0.05) is 0 Å². The number of rotatable bonds is 6. The molecule has 0 aromatic heterocycles. The van der Waals surface area contributed by atoms with Crippen LogP contribution in [0.1, 0.15) is 30.6 Å². The van der Waals surface area contributed by atoms with Crippen LogP contribution < -0.4 is 11.1 Å². The summed E-state index contributed by atoms with van der Waals surface area (Å²) in [5.74, 6) is -1.25. The van der Waals surface area contributed by atoms with Crippen molar-refractivity contribution >= 4 is 17.5 Å². The molecule has 0 aliphatic rings. The van der Waals surface area contributed by atoms with Crippen LogP contribution in [0.15, 0.2) is 18.2 Å². The molecule has 0 saturated heterocycles. The first-order chi connectivity index (χ1) is 9.49. The maximum absolute atomic E-state index is 13.5. The maximum atomic E-state index is 13.5. The Hall–Kier alpha value is -2.11. The zero-order valence-electron chi connectivity index (χ0n) is 11.8. The predicted molar refractivity (Wildman–Crippen MR) is 75.7 cm³/mol. The van der Waals surface area contributed by atoms with Crippen molar-refractivity contribution < 1.29 is 14.0 Å². The summed E-state index contributed by atoms with van der Waals surface area (Å²) in [5, 5.41) is 2.53. The summed E-state index contributed by atoms with van der Waals surface area (Å²) in [6, 6.07) is 3.88. The minimum absolute atomic E-state index is 0.0342. The van der Waals surface area contributed by atoms with Crippen LogP contribution in [0.3, 0.4) is 0 Å². The molecule has 110 valence electrons. The second-order valence-corrected chi connectivity index (χ2v) is 4.31. The maximum Gasteiger partial charge on any atom is 0.254 e. The summed E-state index contributed by atoms with van der Waals surface area (Å²) in [4.78, 5) is 25.1. The summed E-state index contributed by atoms with van der Waals surface area (Å²) < 4.78 is 13.5. The molecule has 3 N–H and O–H groups in total. The second-order valence-electron chi connectivity index (χ2n) is 4.31. The number of nitrogens with two attached hydrogens (primary N) is 1. The van der Waals surface area contributed by atoms with Crippen LogP contribution in [0, 0.1) is 5.82 Å². The number of benzene rings is 1. The molecule has 0 heterocycles. The Morgan fingerprint density at radius 3 is 2.50 bits per heavy atom. The van der Waals surface area contributed by atoms with E-state index in [1.165, 1.54) is 12.1 Å². The molecule has 0 aliphatic carbocycles. The Kier molecular flexibility index (Phi) is 5.96. The molecule has 6 heteroatoms. The first-order valence-electron chi connectivity index (χ1n) is 6.60. The SMILES string of the molecule is CCN(CC)C(=O)CCNC(=O)c1ccc(N)cc1F. The van der Waals surface area contributed by atoms with Gasteiger partial charge in [0.05, 0.1) is 5.56 Å². The highest BCUT2D eigenvalue weighted by atomic mass is 19.1. The molecule has 0 fully saturated rings. The molecule has 0 unspecified atom stereocenters. The van der Waals surface area contributed by atoms with Gasteiger partial charge in [0.15, 0.2) is 0 Å². The number of hydrogen-bond acceptors (Lipinski definition) is 3. The zero-order chi connectivity index (χ0) is 15.1. The molecule has 0 atom stereocenters. The fraction of sp³-hybridized carbons (Fsp3) is 0.429. The van der Waals surface area contributed by atoms with Gasteiger partial charge in [-0.25, -0.2) is 4.39 Å². The molecule has 1 aromatic rings. The molecular formula is C14H20FN3O2. The minimum Gasteiger partial charge on any atom is -0.399 e. The van der Waals surface area contributed by atoms with Gasteiger partial charge in [0, 0.05) is 31.7 Å². The topological polar surface area (TPSA) is 75.4 Å². The molecule has 5 nitrogen and oxygen atoms in total. The standard InChI is InChI=1S/C14H20FN3O2/c1-3-18(4-2)13(19)7-8-17-14(20)11-6-5-10(16)9-12(11)15/h5-6,9H,3-4,7-8,16H2,1-2H3,(H,17,20). The number of amides is 2. The normalized spacial score (nSPS) is 10.2. The average Bonchev–Trinajstić information content (AvgIpc) is 2.39. The third-order valence-electron chi connectivity index (χ3n) is 2.98. The quantitative estimate of drug-likeness (QED) is 0.774. The third kappa shape index (κ3) is 4.22. The summed E-state index contributed by atoms with van der Waals surface area (Å²) in [7, 11) is 0. The lowest BCUT2D eigenvalue weighted by atomic mass is 10.2. The minimum atomic E-state index is -0.669. The Morgan fingerprint density at radius 1 is 1.30 bits per heavy atom. The van der Waals surface area contributed by atoms with Gasteiger partial charge >= 0.3 is 0 Å². The molecular weight excluding hydrogens is 261 g/mol. The van der Waals surface area contributed by atoms with Crippen molar-refractivity contribution in [1.82, 2.24) is 10.2 Å². The van der Waals surface area contributed by atoms with Gasteiger partial charge in [-0.2, -0.15) is 0 Å². The first kappa shape index (κ1) is 15.9. The molecule has 0 saturated carbocycles. The molecule has 0 radical (unpaired) electrons. The average molecular weight is 281 g/mol. The molecule has 0 bridgehead atoms. The monoisotopic (exact) mass is 281 g/mol. The summed E-state index contributed by atoms with van der Waals surface area (Å²) in [6.45, 7) is 5.23. The van der Waals surface area contributed by atoms with Crippen molar-refractivity contribution in [2.24, 2.45) is 0 Å². The fourth-order valence-electron chi connectivity index (χ4n) is 1.83. The van der Waals surface area contributed by atoms with Gasteiger partial charge in [-0.15, -0.1) is 0 Å². The van der Waals surface area contributed by atoms with E-state index in [-0.39, 0.29) is 30.1 Å². The fourth-order valence-corrected chi connectivity index (χ4v) is 1.83. The highest BCUT2D eigenvalue weighted by Crippen LogP contribution is 2.11. The van der Waals surface area contributed by atoms with E-state index in [2.05, 4.69) is 5.32 Å². The van der Waals surface area contributed by atoms with Crippen LogP contribution in [-0.4, -0.2) is 36.3 Å². The summed E-state index contributed by atoms with van der Waals surface area (Å²) in [5.41, 5.74) is 5.59. The number of nitrogen functional groups attached to an aromatic ring is 1. The molecule has 0 aliphatic heterocycles. The second kappa shape index (κ2) is 7.47. The van der Waals surface area contributed by atoms with Crippen LogP contribution in [-0.2, 0) is 4.79 Å². The van der Waals surface area contributed by atoms with E-state index < -0.39 is 11.7 Å². The van der Waals surface area contributed by atoms with Crippen molar-refractivity contribution in [3.8, 4) is 0 Å². The van der Waals surface area contributed by atoms with Crippen molar-refractivity contribution in [2.75, 3.05) is 25.4 Å². The van der Waals surface area contributed by atoms with Gasteiger partial charge in [-0.05, 0) is 32.0 Å². The van der Waals surface area contributed by atoms with E-state index >= 15 is 0 Å². The molecule has 20 heavy (non-hydrogen) atoms. The Labute approximate surface area is 117 Å². The highest BCUT2D eigenvalue weighted by molar-refractivity contribution is 5.95. The number of halogens is 1. The van der Waals surface area contributed by atoms with Crippen molar-refractivity contribution in [1.29, 1.82) is 0 Å². The van der Waals surface area contributed by atoms with E-state index in [1.807, 2.05) is 13.8 Å². The molecule has 1 aromatic carbocycles. The first-order valence-corrected chi connectivity index (χ1v) is 6.60. The Morgan fingerprint density at radius 2 is 1.95 bits per heavy atom. The van der Waals surface area contributed by atoms with Gasteiger partial charge < -0.3 is 16.0 Å². The van der Waals surface area contributed by atoms with Gasteiger partial charge in [0.2, 0.25) is 5.91 Å². The molecule has 1 rings (SSSR count). The van der Waals surface area contributed by atoms with E-state index in [4.69, 9.17) is 5.73 Å². The number of nitrogens with zero attached hydrogens (tertiary/aromatic N) is 1.